The molecule has 2 heterocycles. The SMILES string of the molecule is CCC(S)Oc1cc2c(C)cccc2c(S)c1-c1nc2ncccc2[nH]1. The van der Waals surface area contributed by atoms with Crippen LogP contribution in [0, 0.1) is 6.92 Å². The van der Waals surface area contributed by atoms with Crippen LogP contribution >= 0.6 is 25.3 Å². The Bertz CT molecular complexity index is 1070. The molecule has 4 aromatic rings. The number of aryl methyl sites for hydroxylation is 1. The number of hydrogen-bond donors (Lipinski definition) is 3. The summed E-state index contributed by atoms with van der Waals surface area (Å²) in [5.74, 6) is 1.41. The molecule has 0 bridgehead atoms. The van der Waals surface area contributed by atoms with E-state index in [0.29, 0.717) is 11.5 Å². The number of pyridine rings is 1. The predicted molar refractivity (Wildman–Crippen MR) is 113 cm³/mol. The maximum atomic E-state index is 6.12. The van der Waals surface area contributed by atoms with Crippen molar-refractivity contribution in [3.8, 4) is 17.1 Å². The van der Waals surface area contributed by atoms with E-state index in [2.05, 4.69) is 52.7 Å². The van der Waals surface area contributed by atoms with Crippen LogP contribution in [0.1, 0.15) is 18.9 Å². The van der Waals surface area contributed by atoms with Crippen LogP contribution in [0.15, 0.2) is 47.5 Å². The molecule has 0 fully saturated rings. The maximum absolute atomic E-state index is 6.12. The normalized spacial score (nSPS) is 12.6. The summed E-state index contributed by atoms with van der Waals surface area (Å²) in [4.78, 5) is 13.1. The molecule has 0 radical (unpaired) electrons. The van der Waals surface area contributed by atoms with Gasteiger partial charge in [0.05, 0.1) is 11.1 Å². The van der Waals surface area contributed by atoms with E-state index in [1.807, 2.05) is 25.1 Å². The molecule has 1 atom stereocenters. The lowest BCUT2D eigenvalue weighted by Gasteiger charge is -2.18. The zero-order valence-corrected chi connectivity index (χ0v) is 16.3. The molecular weight excluding hydrogens is 362 g/mol. The van der Waals surface area contributed by atoms with Gasteiger partial charge in [-0.15, -0.1) is 25.3 Å². The molecular formula is C20H19N3OS2. The number of benzene rings is 2. The van der Waals surface area contributed by atoms with Crippen molar-refractivity contribution in [3.05, 3.63) is 48.2 Å². The van der Waals surface area contributed by atoms with Crippen molar-refractivity contribution in [2.75, 3.05) is 0 Å². The molecule has 0 aliphatic heterocycles. The Hall–Kier alpha value is -2.18. The molecule has 1 unspecified atom stereocenters. The lowest BCUT2D eigenvalue weighted by molar-refractivity contribution is 0.287. The van der Waals surface area contributed by atoms with E-state index in [-0.39, 0.29) is 5.44 Å². The fourth-order valence-electron chi connectivity index (χ4n) is 3.05. The van der Waals surface area contributed by atoms with Crippen molar-refractivity contribution < 1.29 is 4.74 Å². The minimum atomic E-state index is -0.203. The van der Waals surface area contributed by atoms with Gasteiger partial charge in [0.25, 0.3) is 0 Å². The Morgan fingerprint density at radius 1 is 1.19 bits per heavy atom. The van der Waals surface area contributed by atoms with E-state index in [9.17, 15) is 0 Å². The molecule has 26 heavy (non-hydrogen) atoms. The average molecular weight is 382 g/mol. The molecule has 0 aliphatic rings. The van der Waals surface area contributed by atoms with Crippen molar-refractivity contribution in [2.24, 2.45) is 0 Å². The number of rotatable bonds is 4. The second-order valence-electron chi connectivity index (χ2n) is 6.21. The van der Waals surface area contributed by atoms with Crippen molar-refractivity contribution in [2.45, 2.75) is 30.6 Å². The van der Waals surface area contributed by atoms with Crippen molar-refractivity contribution in [1.82, 2.24) is 15.0 Å². The highest BCUT2D eigenvalue weighted by atomic mass is 32.1. The summed E-state index contributed by atoms with van der Waals surface area (Å²) in [5, 5.41) is 2.18. The Morgan fingerprint density at radius 3 is 2.81 bits per heavy atom. The topological polar surface area (TPSA) is 50.8 Å². The summed E-state index contributed by atoms with van der Waals surface area (Å²) in [6.45, 7) is 4.12. The summed E-state index contributed by atoms with van der Waals surface area (Å²) in [5.41, 5.74) is 3.35. The molecule has 4 rings (SSSR count). The number of ether oxygens (including phenoxy) is 1. The van der Waals surface area contributed by atoms with Gasteiger partial charge in [-0.3, -0.25) is 0 Å². The van der Waals surface area contributed by atoms with Crippen LogP contribution < -0.4 is 4.74 Å². The van der Waals surface area contributed by atoms with E-state index in [0.717, 1.165) is 38.9 Å². The van der Waals surface area contributed by atoms with Crippen molar-refractivity contribution in [3.63, 3.8) is 0 Å². The smallest absolute Gasteiger partial charge is 0.178 e. The third kappa shape index (κ3) is 2.93. The van der Waals surface area contributed by atoms with Gasteiger partial charge in [0.15, 0.2) is 5.65 Å². The molecule has 2 aromatic heterocycles. The summed E-state index contributed by atoms with van der Waals surface area (Å²) in [7, 11) is 0. The third-order valence-electron chi connectivity index (χ3n) is 4.44. The largest absolute Gasteiger partial charge is 0.479 e. The summed E-state index contributed by atoms with van der Waals surface area (Å²) >= 11 is 9.36. The minimum absolute atomic E-state index is 0.203. The van der Waals surface area contributed by atoms with E-state index in [1.54, 1.807) is 6.20 Å². The zero-order valence-electron chi connectivity index (χ0n) is 14.5. The monoisotopic (exact) mass is 381 g/mol. The van der Waals surface area contributed by atoms with Crippen LogP contribution in [-0.2, 0) is 0 Å². The second kappa shape index (κ2) is 6.85. The van der Waals surface area contributed by atoms with Gasteiger partial charge < -0.3 is 9.72 Å². The van der Waals surface area contributed by atoms with Gasteiger partial charge in [-0.2, -0.15) is 0 Å². The first kappa shape index (κ1) is 17.2. The number of imidazole rings is 1. The quantitative estimate of drug-likeness (QED) is 0.327. The van der Waals surface area contributed by atoms with E-state index in [4.69, 9.17) is 17.4 Å². The molecule has 0 aliphatic carbocycles. The molecule has 0 saturated heterocycles. The lowest BCUT2D eigenvalue weighted by Crippen LogP contribution is -2.08. The number of fused-ring (bicyclic) bond motifs is 2. The lowest BCUT2D eigenvalue weighted by atomic mass is 10.0. The van der Waals surface area contributed by atoms with Crippen LogP contribution in [-0.4, -0.2) is 20.4 Å². The summed E-state index contributed by atoms with van der Waals surface area (Å²) in [6, 6.07) is 12.1. The molecule has 4 nitrogen and oxygen atoms in total. The van der Waals surface area contributed by atoms with Crippen LogP contribution in [0.2, 0.25) is 0 Å². The number of H-pyrrole nitrogens is 1. The minimum Gasteiger partial charge on any atom is -0.479 e. The maximum Gasteiger partial charge on any atom is 0.178 e. The number of aromatic amines is 1. The van der Waals surface area contributed by atoms with E-state index in [1.165, 1.54) is 5.56 Å². The van der Waals surface area contributed by atoms with Gasteiger partial charge in [0.2, 0.25) is 0 Å². The Kier molecular flexibility index (Phi) is 4.54. The van der Waals surface area contributed by atoms with Gasteiger partial charge in [-0.25, -0.2) is 9.97 Å². The fourth-order valence-corrected chi connectivity index (χ4v) is 3.57. The molecule has 132 valence electrons. The molecule has 0 saturated carbocycles. The zero-order chi connectivity index (χ0) is 18.3. The van der Waals surface area contributed by atoms with Gasteiger partial charge in [-0.1, -0.05) is 25.1 Å². The Morgan fingerprint density at radius 2 is 2.04 bits per heavy atom. The molecule has 0 spiro atoms. The first-order valence-electron chi connectivity index (χ1n) is 8.49. The molecule has 1 N–H and O–H groups in total. The Labute approximate surface area is 162 Å². The number of nitrogens with zero attached hydrogens (tertiary/aromatic N) is 2. The number of hydrogen-bond acceptors (Lipinski definition) is 5. The Balaban J connectivity index is 2.01. The van der Waals surface area contributed by atoms with Gasteiger partial charge >= 0.3 is 0 Å². The fraction of sp³-hybridized carbons (Fsp3) is 0.200. The number of thiol groups is 2. The van der Waals surface area contributed by atoms with Crippen LogP contribution in [0.5, 0.6) is 5.75 Å². The highest BCUT2D eigenvalue weighted by Crippen LogP contribution is 2.41. The molecule has 2 aromatic carbocycles. The molecule has 0 amide bonds. The standard InChI is InChI=1S/C20H19N3OS2/c1-3-16(25)24-15-10-13-11(2)6-4-7-12(13)18(26)17(15)20-22-14-8-5-9-21-19(14)23-20/h4-10,16,25-26H,3H2,1-2H3,(H,21,22,23). The first-order valence-corrected chi connectivity index (χ1v) is 9.46. The number of aromatic nitrogens is 3. The summed E-state index contributed by atoms with van der Waals surface area (Å²) in [6.07, 6.45) is 2.52. The predicted octanol–water partition coefficient (Wildman–Crippen LogP) is 5.42. The summed E-state index contributed by atoms with van der Waals surface area (Å²) < 4.78 is 6.12. The highest BCUT2D eigenvalue weighted by Gasteiger charge is 2.20. The second-order valence-corrected chi connectivity index (χ2v) is 7.23. The highest BCUT2D eigenvalue weighted by molar-refractivity contribution is 7.81. The van der Waals surface area contributed by atoms with Gasteiger partial charge in [0, 0.05) is 11.1 Å². The van der Waals surface area contributed by atoms with Crippen LogP contribution in [0.3, 0.4) is 0 Å². The van der Waals surface area contributed by atoms with Gasteiger partial charge in [-0.05, 0) is 47.9 Å². The third-order valence-corrected chi connectivity index (χ3v) is 5.38. The van der Waals surface area contributed by atoms with Crippen LogP contribution in [0.4, 0.5) is 0 Å². The van der Waals surface area contributed by atoms with Crippen LogP contribution in [0.25, 0.3) is 33.3 Å². The number of nitrogens with one attached hydrogen (secondary N) is 1. The van der Waals surface area contributed by atoms with E-state index < -0.39 is 0 Å². The van der Waals surface area contributed by atoms with Crippen molar-refractivity contribution >= 4 is 47.2 Å². The molecule has 6 heteroatoms. The van der Waals surface area contributed by atoms with Gasteiger partial charge in [0.1, 0.15) is 17.0 Å². The van der Waals surface area contributed by atoms with E-state index >= 15 is 0 Å². The first-order chi connectivity index (χ1) is 12.6. The van der Waals surface area contributed by atoms with Crippen molar-refractivity contribution in [1.29, 1.82) is 0 Å². The average Bonchev–Trinajstić information content (AvgIpc) is 3.06.